The van der Waals surface area contributed by atoms with Gasteiger partial charge in [-0.15, -0.1) is 0 Å². The quantitative estimate of drug-likeness (QED) is 0.601. The molecule has 142 valence electrons. The van der Waals surface area contributed by atoms with Crippen LogP contribution in [0.15, 0.2) is 18.2 Å². The molecule has 9 heteroatoms. The summed E-state index contributed by atoms with van der Waals surface area (Å²) in [5, 5.41) is 22.4. The van der Waals surface area contributed by atoms with Crippen molar-refractivity contribution in [2.24, 2.45) is 0 Å². The first-order chi connectivity index (χ1) is 11.3. The maximum absolute atomic E-state index is 12.7. The van der Waals surface area contributed by atoms with Crippen LogP contribution in [0, 0.1) is 0 Å². The summed E-state index contributed by atoms with van der Waals surface area (Å²) in [5.41, 5.74) is 3.19. The van der Waals surface area contributed by atoms with E-state index in [0.717, 1.165) is 18.2 Å². The van der Waals surface area contributed by atoms with Crippen LogP contribution in [0.1, 0.15) is 44.4 Å². The number of anilines is 1. The molecule has 2 unspecified atom stereocenters. The molecule has 6 nitrogen and oxygen atoms in total. The van der Waals surface area contributed by atoms with Crippen molar-refractivity contribution < 1.29 is 32.9 Å². The highest BCUT2D eigenvalue weighted by atomic mass is 19.4. The second kappa shape index (κ2) is 7.92. The van der Waals surface area contributed by atoms with Crippen LogP contribution in [0.2, 0.25) is 0 Å². The number of halogens is 3. The van der Waals surface area contributed by atoms with E-state index < -0.39 is 41.3 Å². The van der Waals surface area contributed by atoms with Gasteiger partial charge in [0.1, 0.15) is 11.7 Å². The van der Waals surface area contributed by atoms with E-state index in [-0.39, 0.29) is 18.5 Å². The number of amides is 1. The SMILES string of the molecule is CC(C)(C)OC(=O)NCCC(O)C(O)c1ccc(C(F)(F)F)c(N)c1. The molecular weight excluding hydrogens is 341 g/mol. The summed E-state index contributed by atoms with van der Waals surface area (Å²) in [4.78, 5) is 11.5. The van der Waals surface area contributed by atoms with Gasteiger partial charge in [0.05, 0.1) is 11.7 Å². The topological polar surface area (TPSA) is 105 Å². The number of nitrogens with two attached hydrogens (primary N) is 1. The average molecular weight is 364 g/mol. The third-order valence-electron chi connectivity index (χ3n) is 3.20. The summed E-state index contributed by atoms with van der Waals surface area (Å²) in [6.45, 7) is 5.10. The lowest BCUT2D eigenvalue weighted by Crippen LogP contribution is -2.34. The molecule has 0 radical (unpaired) electrons. The van der Waals surface area contributed by atoms with E-state index in [1.165, 1.54) is 0 Å². The Kier molecular flexibility index (Phi) is 6.67. The van der Waals surface area contributed by atoms with E-state index in [4.69, 9.17) is 10.5 Å². The van der Waals surface area contributed by atoms with Crippen molar-refractivity contribution in [3.05, 3.63) is 29.3 Å². The Morgan fingerprint density at radius 3 is 2.36 bits per heavy atom. The van der Waals surface area contributed by atoms with E-state index in [1.807, 2.05) is 0 Å². The third kappa shape index (κ3) is 6.79. The molecule has 0 aliphatic carbocycles. The van der Waals surface area contributed by atoms with Crippen LogP contribution >= 0.6 is 0 Å². The normalized spacial score (nSPS) is 14.7. The summed E-state index contributed by atoms with van der Waals surface area (Å²) >= 11 is 0. The molecule has 0 saturated carbocycles. The molecule has 0 saturated heterocycles. The number of nitrogen functional groups attached to an aromatic ring is 1. The van der Waals surface area contributed by atoms with Gasteiger partial charge in [-0.1, -0.05) is 6.07 Å². The van der Waals surface area contributed by atoms with Gasteiger partial charge in [0, 0.05) is 12.2 Å². The fourth-order valence-corrected chi connectivity index (χ4v) is 2.04. The highest BCUT2D eigenvalue weighted by Gasteiger charge is 2.33. The molecule has 5 N–H and O–H groups in total. The van der Waals surface area contributed by atoms with Crippen LogP contribution in [0.25, 0.3) is 0 Å². The molecule has 1 aromatic rings. The zero-order valence-corrected chi connectivity index (χ0v) is 14.2. The van der Waals surface area contributed by atoms with Gasteiger partial charge in [-0.3, -0.25) is 0 Å². The fraction of sp³-hybridized carbons (Fsp3) is 0.562. The lowest BCUT2D eigenvalue weighted by atomic mass is 9.99. The highest BCUT2D eigenvalue weighted by Crippen LogP contribution is 2.35. The zero-order valence-electron chi connectivity index (χ0n) is 14.2. The van der Waals surface area contributed by atoms with Gasteiger partial charge in [-0.2, -0.15) is 13.2 Å². The minimum Gasteiger partial charge on any atom is -0.444 e. The molecule has 25 heavy (non-hydrogen) atoms. The van der Waals surface area contributed by atoms with Crippen LogP contribution in [0.3, 0.4) is 0 Å². The zero-order chi connectivity index (χ0) is 19.4. The molecule has 0 aliphatic rings. The Morgan fingerprint density at radius 1 is 1.28 bits per heavy atom. The number of aliphatic hydroxyl groups excluding tert-OH is 2. The number of alkyl halides is 3. The Morgan fingerprint density at radius 2 is 1.88 bits per heavy atom. The fourth-order valence-electron chi connectivity index (χ4n) is 2.04. The van der Waals surface area contributed by atoms with E-state index >= 15 is 0 Å². The lowest BCUT2D eigenvalue weighted by Gasteiger charge is -2.21. The molecule has 0 spiro atoms. The van der Waals surface area contributed by atoms with E-state index in [9.17, 15) is 28.2 Å². The number of ether oxygens (including phenoxy) is 1. The van der Waals surface area contributed by atoms with Crippen molar-refractivity contribution in [3.8, 4) is 0 Å². The summed E-state index contributed by atoms with van der Waals surface area (Å²) in [6.07, 6.45) is -8.03. The van der Waals surface area contributed by atoms with Gasteiger partial charge >= 0.3 is 12.3 Å². The molecule has 0 fully saturated rings. The van der Waals surface area contributed by atoms with Crippen LogP contribution in [0.5, 0.6) is 0 Å². The predicted molar refractivity (Wildman–Crippen MR) is 85.7 cm³/mol. The third-order valence-corrected chi connectivity index (χ3v) is 3.20. The van der Waals surface area contributed by atoms with Gasteiger partial charge in [-0.25, -0.2) is 4.79 Å². The number of aliphatic hydroxyl groups is 2. The van der Waals surface area contributed by atoms with Gasteiger partial charge < -0.3 is 26.0 Å². The Bertz CT molecular complexity index is 600. The summed E-state index contributed by atoms with van der Waals surface area (Å²) in [7, 11) is 0. The van der Waals surface area contributed by atoms with Crippen LogP contribution < -0.4 is 11.1 Å². The summed E-state index contributed by atoms with van der Waals surface area (Å²) in [5.74, 6) is 0. The maximum atomic E-state index is 12.7. The maximum Gasteiger partial charge on any atom is 0.418 e. The van der Waals surface area contributed by atoms with Crippen LogP contribution in [0.4, 0.5) is 23.7 Å². The molecule has 0 aromatic heterocycles. The number of hydrogen-bond acceptors (Lipinski definition) is 5. The van der Waals surface area contributed by atoms with Crippen molar-refractivity contribution in [3.63, 3.8) is 0 Å². The van der Waals surface area contributed by atoms with Crippen molar-refractivity contribution in [2.75, 3.05) is 12.3 Å². The van der Waals surface area contributed by atoms with Crippen LogP contribution in [-0.4, -0.2) is 34.6 Å². The number of alkyl carbamates (subject to hydrolysis) is 1. The van der Waals surface area contributed by atoms with E-state index in [2.05, 4.69) is 5.32 Å². The minimum absolute atomic E-state index is 0.0171. The molecule has 2 atom stereocenters. The number of hydrogen-bond donors (Lipinski definition) is 4. The average Bonchev–Trinajstić information content (AvgIpc) is 2.42. The first kappa shape index (κ1) is 21.0. The number of nitrogens with one attached hydrogen (secondary N) is 1. The van der Waals surface area contributed by atoms with Gasteiger partial charge in [0.25, 0.3) is 0 Å². The van der Waals surface area contributed by atoms with E-state index in [1.54, 1.807) is 20.8 Å². The molecule has 1 amide bonds. The van der Waals surface area contributed by atoms with Crippen molar-refractivity contribution in [1.29, 1.82) is 0 Å². The molecular formula is C16H23F3N2O4. The first-order valence-corrected chi connectivity index (χ1v) is 7.61. The molecule has 0 aliphatic heterocycles. The van der Waals surface area contributed by atoms with Gasteiger partial charge in [0.15, 0.2) is 0 Å². The van der Waals surface area contributed by atoms with Crippen molar-refractivity contribution >= 4 is 11.8 Å². The predicted octanol–water partition coefficient (Wildman–Crippen LogP) is 2.60. The summed E-state index contributed by atoms with van der Waals surface area (Å²) < 4.78 is 43.0. The molecule has 1 rings (SSSR count). The van der Waals surface area contributed by atoms with Crippen molar-refractivity contribution in [1.82, 2.24) is 5.32 Å². The smallest absolute Gasteiger partial charge is 0.418 e. The largest absolute Gasteiger partial charge is 0.444 e. The first-order valence-electron chi connectivity index (χ1n) is 7.61. The number of carbonyl (C=O) groups is 1. The standard InChI is InChI=1S/C16H23F3N2O4/c1-15(2,3)25-14(24)21-7-6-12(22)13(23)9-4-5-10(11(20)8-9)16(17,18)19/h4-5,8,12-13,22-23H,6-7,20H2,1-3H3,(H,21,24). The molecule has 0 heterocycles. The second-order valence-corrected chi connectivity index (χ2v) is 6.57. The number of carbonyl (C=O) groups excluding carboxylic acids is 1. The number of benzene rings is 1. The van der Waals surface area contributed by atoms with E-state index in [0.29, 0.717) is 0 Å². The molecule has 0 bridgehead atoms. The Balaban J connectivity index is 2.61. The molecule has 1 aromatic carbocycles. The van der Waals surface area contributed by atoms with Crippen LogP contribution in [-0.2, 0) is 10.9 Å². The van der Waals surface area contributed by atoms with Crippen molar-refractivity contribution in [2.45, 2.75) is 51.2 Å². The van der Waals surface area contributed by atoms with Gasteiger partial charge in [-0.05, 0) is 44.9 Å². The summed E-state index contributed by atoms with van der Waals surface area (Å²) in [6, 6.07) is 2.77. The van der Waals surface area contributed by atoms with Gasteiger partial charge in [0.2, 0.25) is 0 Å². The Labute approximate surface area is 143 Å². The minimum atomic E-state index is -4.59. The second-order valence-electron chi connectivity index (χ2n) is 6.57. The highest BCUT2D eigenvalue weighted by molar-refractivity contribution is 5.67. The monoisotopic (exact) mass is 364 g/mol. The number of rotatable bonds is 5. The Hall–Kier alpha value is -2.00. The lowest BCUT2D eigenvalue weighted by molar-refractivity contribution is -0.136.